The molecule has 1 aromatic heterocycles. The van der Waals surface area contributed by atoms with Crippen LogP contribution in [0.1, 0.15) is 51.4 Å². The summed E-state index contributed by atoms with van der Waals surface area (Å²) in [7, 11) is 1.65. The van der Waals surface area contributed by atoms with E-state index < -0.39 is 17.6 Å². The number of amides is 1. The number of nitrogens with one attached hydrogen (secondary N) is 4. The van der Waals surface area contributed by atoms with E-state index in [0.717, 1.165) is 36.1 Å². The number of halogens is 3. The van der Waals surface area contributed by atoms with Crippen LogP contribution >= 0.6 is 0 Å². The summed E-state index contributed by atoms with van der Waals surface area (Å²) in [6.45, 7) is 3.09. The fourth-order valence-corrected chi connectivity index (χ4v) is 5.56. The van der Waals surface area contributed by atoms with E-state index in [1.165, 1.54) is 23.3 Å². The minimum absolute atomic E-state index is 0.00795. The van der Waals surface area contributed by atoms with E-state index in [-0.39, 0.29) is 17.5 Å². The molecule has 11 heteroatoms. The molecule has 4 aromatic rings. The molecule has 8 nitrogen and oxygen atoms in total. The molecule has 1 saturated heterocycles. The SMILES string of the molecule is CN1Cc2cccc(Nc3nc(Nc4ccc(CNc5cccc(C6CCCNC6)c5)cc4)ncc3C(F)(F)F)c2C1=O. The summed E-state index contributed by atoms with van der Waals surface area (Å²) >= 11 is 0. The van der Waals surface area contributed by atoms with Gasteiger partial charge in [0.2, 0.25) is 5.95 Å². The first-order chi connectivity index (χ1) is 20.7. The van der Waals surface area contributed by atoms with Crippen LogP contribution in [-0.2, 0) is 19.3 Å². The predicted molar refractivity (Wildman–Crippen MR) is 161 cm³/mol. The summed E-state index contributed by atoms with van der Waals surface area (Å²) in [5, 5.41) is 12.7. The number of alkyl halides is 3. The van der Waals surface area contributed by atoms with E-state index in [9.17, 15) is 18.0 Å². The second-order valence-corrected chi connectivity index (χ2v) is 10.9. The highest BCUT2D eigenvalue weighted by Crippen LogP contribution is 2.37. The van der Waals surface area contributed by atoms with E-state index in [0.29, 0.717) is 30.3 Å². The third-order valence-corrected chi connectivity index (χ3v) is 7.83. The monoisotopic (exact) mass is 587 g/mol. The highest BCUT2D eigenvalue weighted by atomic mass is 19.4. The van der Waals surface area contributed by atoms with Crippen molar-refractivity contribution < 1.29 is 18.0 Å². The number of carbonyl (C=O) groups excluding carboxylic acids is 1. The number of rotatable bonds is 8. The maximum absolute atomic E-state index is 13.9. The standard InChI is InChI=1S/C32H32F3N7O/c1-42-19-23-6-3-9-27(28(23)30(42)43)40-29-26(32(33,34)35)18-38-31(41-29)39-24-12-10-20(11-13-24)16-37-25-8-2-5-21(15-25)22-7-4-14-36-17-22/h2-3,5-6,8-13,15,18,22,36-37H,4,7,14,16-17,19H2,1H3,(H2,38,39,40,41). The van der Waals surface area contributed by atoms with Crippen molar-refractivity contribution in [3.8, 4) is 0 Å². The molecule has 0 spiro atoms. The normalized spacial score (nSPS) is 16.6. The van der Waals surface area contributed by atoms with E-state index in [1.54, 1.807) is 25.2 Å². The first kappa shape index (κ1) is 28.5. The second-order valence-electron chi connectivity index (χ2n) is 10.9. The van der Waals surface area contributed by atoms with Crippen LogP contribution in [0.3, 0.4) is 0 Å². The van der Waals surface area contributed by atoms with Crippen LogP contribution in [0.15, 0.2) is 72.9 Å². The Morgan fingerprint density at radius 1 is 1.02 bits per heavy atom. The maximum atomic E-state index is 13.9. The molecule has 0 aliphatic carbocycles. The molecule has 2 aliphatic heterocycles. The van der Waals surface area contributed by atoms with Gasteiger partial charge in [-0.25, -0.2) is 4.98 Å². The third-order valence-electron chi connectivity index (χ3n) is 7.83. The molecule has 2 aliphatic rings. The molecule has 3 aromatic carbocycles. The third kappa shape index (κ3) is 6.41. The van der Waals surface area contributed by atoms with Crippen LogP contribution in [0.5, 0.6) is 0 Å². The first-order valence-electron chi connectivity index (χ1n) is 14.2. The Bertz CT molecular complexity index is 1620. The van der Waals surface area contributed by atoms with Gasteiger partial charge in [-0.2, -0.15) is 18.2 Å². The molecule has 1 unspecified atom stereocenters. The smallest absolute Gasteiger partial charge is 0.381 e. The van der Waals surface area contributed by atoms with Crippen molar-refractivity contribution in [3.63, 3.8) is 0 Å². The summed E-state index contributed by atoms with van der Waals surface area (Å²) in [4.78, 5) is 22.2. The molecule has 3 heterocycles. The fraction of sp³-hybridized carbons (Fsp3) is 0.281. The number of hydrogen-bond acceptors (Lipinski definition) is 7. The molecular formula is C32H32F3N7O. The van der Waals surface area contributed by atoms with Crippen molar-refractivity contribution in [2.24, 2.45) is 0 Å². The Labute approximate surface area is 247 Å². The Morgan fingerprint density at radius 3 is 2.60 bits per heavy atom. The van der Waals surface area contributed by atoms with Crippen LogP contribution in [0, 0.1) is 0 Å². The second kappa shape index (κ2) is 11.9. The molecule has 4 N–H and O–H groups in total. The van der Waals surface area contributed by atoms with Gasteiger partial charge in [-0.05, 0) is 72.3 Å². The highest BCUT2D eigenvalue weighted by molar-refractivity contribution is 6.04. The Kier molecular flexibility index (Phi) is 7.90. The molecule has 1 amide bonds. The van der Waals surface area contributed by atoms with E-state index in [4.69, 9.17) is 0 Å². The average molecular weight is 588 g/mol. The number of hydrogen-bond donors (Lipinski definition) is 4. The van der Waals surface area contributed by atoms with Gasteiger partial charge in [-0.1, -0.05) is 36.4 Å². The molecule has 6 rings (SSSR count). The van der Waals surface area contributed by atoms with Crippen molar-refractivity contribution in [2.75, 3.05) is 36.1 Å². The quantitative estimate of drug-likeness (QED) is 0.183. The molecule has 1 atom stereocenters. The summed E-state index contributed by atoms with van der Waals surface area (Å²) in [5.74, 6) is -0.177. The number of aromatic nitrogens is 2. The lowest BCUT2D eigenvalue weighted by Gasteiger charge is -2.23. The van der Waals surface area contributed by atoms with Crippen LogP contribution < -0.4 is 21.3 Å². The van der Waals surface area contributed by atoms with Gasteiger partial charge in [-0.3, -0.25) is 4.79 Å². The zero-order chi connectivity index (χ0) is 30.0. The molecule has 43 heavy (non-hydrogen) atoms. The molecular weight excluding hydrogens is 555 g/mol. The van der Waals surface area contributed by atoms with E-state index >= 15 is 0 Å². The Morgan fingerprint density at radius 2 is 1.84 bits per heavy atom. The Hall–Kier alpha value is -4.64. The van der Waals surface area contributed by atoms with Crippen LogP contribution in [-0.4, -0.2) is 40.9 Å². The summed E-state index contributed by atoms with van der Waals surface area (Å²) < 4.78 is 41.6. The lowest BCUT2D eigenvalue weighted by Crippen LogP contribution is -2.28. The number of piperidine rings is 1. The van der Waals surface area contributed by atoms with Gasteiger partial charge in [0.25, 0.3) is 5.91 Å². The van der Waals surface area contributed by atoms with Gasteiger partial charge in [0.05, 0.1) is 11.3 Å². The first-order valence-corrected chi connectivity index (χ1v) is 14.2. The minimum atomic E-state index is -4.69. The van der Waals surface area contributed by atoms with Crippen molar-refractivity contribution in [2.45, 2.75) is 38.0 Å². The summed E-state index contributed by atoms with van der Waals surface area (Å²) in [5.41, 5.74) is 4.37. The zero-order valence-electron chi connectivity index (χ0n) is 23.6. The minimum Gasteiger partial charge on any atom is -0.381 e. The summed E-state index contributed by atoms with van der Waals surface area (Å²) in [6, 6.07) is 21.1. The van der Waals surface area contributed by atoms with Crippen molar-refractivity contribution in [1.82, 2.24) is 20.2 Å². The lowest BCUT2D eigenvalue weighted by atomic mass is 9.91. The molecule has 1 fully saturated rings. The van der Waals surface area contributed by atoms with Gasteiger partial charge in [-0.15, -0.1) is 0 Å². The van der Waals surface area contributed by atoms with Gasteiger partial charge >= 0.3 is 6.18 Å². The van der Waals surface area contributed by atoms with Crippen molar-refractivity contribution in [3.05, 3.63) is 101 Å². The number of nitrogens with zero attached hydrogens (tertiary/aromatic N) is 3. The van der Waals surface area contributed by atoms with E-state index in [1.807, 2.05) is 24.3 Å². The largest absolute Gasteiger partial charge is 0.421 e. The van der Waals surface area contributed by atoms with Gasteiger partial charge in [0.1, 0.15) is 11.4 Å². The number of benzene rings is 3. The molecule has 0 radical (unpaired) electrons. The zero-order valence-corrected chi connectivity index (χ0v) is 23.6. The van der Waals surface area contributed by atoms with Gasteiger partial charge in [0, 0.05) is 44.3 Å². The van der Waals surface area contributed by atoms with Gasteiger partial charge in [0.15, 0.2) is 0 Å². The fourth-order valence-electron chi connectivity index (χ4n) is 5.56. The highest BCUT2D eigenvalue weighted by Gasteiger charge is 2.36. The van der Waals surface area contributed by atoms with Crippen LogP contribution in [0.4, 0.5) is 42.0 Å². The van der Waals surface area contributed by atoms with Crippen LogP contribution in [0.25, 0.3) is 0 Å². The Balaban J connectivity index is 1.15. The van der Waals surface area contributed by atoms with Crippen LogP contribution in [0.2, 0.25) is 0 Å². The number of anilines is 5. The van der Waals surface area contributed by atoms with E-state index in [2.05, 4.69) is 55.5 Å². The molecule has 0 bridgehead atoms. The van der Waals surface area contributed by atoms with Crippen molar-refractivity contribution >= 4 is 34.7 Å². The number of carbonyl (C=O) groups is 1. The molecule has 0 saturated carbocycles. The summed E-state index contributed by atoms with van der Waals surface area (Å²) in [6.07, 6.45) is -1.58. The lowest BCUT2D eigenvalue weighted by molar-refractivity contribution is -0.137. The molecule has 222 valence electrons. The predicted octanol–water partition coefficient (Wildman–Crippen LogP) is 6.65. The number of fused-ring (bicyclic) bond motifs is 1. The van der Waals surface area contributed by atoms with Gasteiger partial charge < -0.3 is 26.2 Å². The average Bonchev–Trinajstić information content (AvgIpc) is 3.30. The maximum Gasteiger partial charge on any atom is 0.421 e. The topological polar surface area (TPSA) is 94.2 Å². The van der Waals surface area contributed by atoms with Crippen molar-refractivity contribution in [1.29, 1.82) is 0 Å².